The second-order valence-electron chi connectivity index (χ2n) is 5.53. The van der Waals surface area contributed by atoms with Crippen LogP contribution in [0.15, 0.2) is 52.7 Å². The number of carbonyl (C=O) groups is 1. The molecule has 1 heterocycles. The van der Waals surface area contributed by atoms with Crippen molar-refractivity contribution in [2.24, 2.45) is 5.10 Å². The Morgan fingerprint density at radius 1 is 1.17 bits per heavy atom. The molecule has 0 spiro atoms. The fourth-order valence-corrected chi connectivity index (χ4v) is 2.75. The van der Waals surface area contributed by atoms with Gasteiger partial charge in [0.05, 0.1) is 17.7 Å². The van der Waals surface area contributed by atoms with Gasteiger partial charge in [0.15, 0.2) is 0 Å². The molecule has 3 aromatic rings. The van der Waals surface area contributed by atoms with Gasteiger partial charge in [-0.15, -0.1) is 10.2 Å². The van der Waals surface area contributed by atoms with E-state index in [1.165, 1.54) is 18.3 Å². The standard InChI is InChI=1S/C17H14F3N7OS/c18-11-5-6-14(13(20)7-11)23-15(28)9-29-17-26-25-16(27(17)21)24-22-8-10-3-1-2-4-12(10)19/h1-8H,9,21H2,(H,23,28)(H,24,25)/b22-8+. The Balaban J connectivity index is 1.55. The highest BCUT2D eigenvalue weighted by Crippen LogP contribution is 2.19. The minimum Gasteiger partial charge on any atom is -0.334 e. The van der Waals surface area contributed by atoms with Gasteiger partial charge in [0.25, 0.3) is 5.95 Å². The van der Waals surface area contributed by atoms with E-state index in [9.17, 15) is 18.0 Å². The molecule has 4 N–H and O–H groups in total. The van der Waals surface area contributed by atoms with Crippen LogP contribution < -0.4 is 16.6 Å². The lowest BCUT2D eigenvalue weighted by atomic mass is 10.2. The van der Waals surface area contributed by atoms with Crippen molar-refractivity contribution in [3.63, 3.8) is 0 Å². The average Bonchev–Trinajstić information content (AvgIpc) is 3.04. The van der Waals surface area contributed by atoms with E-state index in [-0.39, 0.29) is 28.1 Å². The van der Waals surface area contributed by atoms with E-state index < -0.39 is 23.4 Å². The molecule has 0 aliphatic rings. The van der Waals surface area contributed by atoms with E-state index in [0.717, 1.165) is 28.6 Å². The van der Waals surface area contributed by atoms with E-state index in [1.54, 1.807) is 12.1 Å². The first-order valence-corrected chi connectivity index (χ1v) is 9.04. The lowest BCUT2D eigenvalue weighted by Crippen LogP contribution is -2.17. The number of nitrogens with two attached hydrogens (primary N) is 1. The number of hydrazone groups is 1. The Kier molecular flexibility index (Phi) is 6.34. The summed E-state index contributed by atoms with van der Waals surface area (Å²) in [6, 6.07) is 8.87. The molecule has 0 unspecified atom stereocenters. The second-order valence-corrected chi connectivity index (χ2v) is 6.47. The van der Waals surface area contributed by atoms with Gasteiger partial charge in [-0.2, -0.15) is 5.10 Å². The van der Waals surface area contributed by atoms with Gasteiger partial charge in [-0.3, -0.25) is 4.79 Å². The summed E-state index contributed by atoms with van der Waals surface area (Å²) in [5.74, 6) is 3.12. The predicted molar refractivity (Wildman–Crippen MR) is 104 cm³/mol. The van der Waals surface area contributed by atoms with Crippen LogP contribution in [-0.2, 0) is 4.79 Å². The molecule has 0 aliphatic carbocycles. The molecule has 150 valence electrons. The van der Waals surface area contributed by atoms with Crippen molar-refractivity contribution in [2.45, 2.75) is 5.16 Å². The zero-order valence-corrected chi connectivity index (χ0v) is 15.5. The minimum atomic E-state index is -0.885. The van der Waals surface area contributed by atoms with Crippen LogP contribution in [-0.4, -0.2) is 32.7 Å². The van der Waals surface area contributed by atoms with E-state index in [1.807, 2.05) is 0 Å². The van der Waals surface area contributed by atoms with E-state index in [4.69, 9.17) is 5.84 Å². The van der Waals surface area contributed by atoms with Gasteiger partial charge in [0, 0.05) is 11.6 Å². The first kappa shape index (κ1) is 20.2. The van der Waals surface area contributed by atoms with E-state index in [2.05, 4.69) is 26.0 Å². The number of rotatable bonds is 7. The highest BCUT2D eigenvalue weighted by atomic mass is 32.2. The zero-order valence-electron chi connectivity index (χ0n) is 14.6. The van der Waals surface area contributed by atoms with Crippen LogP contribution in [0.4, 0.5) is 24.8 Å². The number of nitrogens with one attached hydrogen (secondary N) is 2. The number of anilines is 2. The summed E-state index contributed by atoms with van der Waals surface area (Å²) in [5, 5.41) is 13.9. The number of halogens is 3. The number of nitrogens with zero attached hydrogens (tertiary/aromatic N) is 4. The van der Waals surface area contributed by atoms with Crippen LogP contribution in [0.2, 0.25) is 0 Å². The van der Waals surface area contributed by atoms with Crippen LogP contribution in [0.1, 0.15) is 5.56 Å². The molecule has 0 bridgehead atoms. The number of thioether (sulfide) groups is 1. The summed E-state index contributed by atoms with van der Waals surface area (Å²) in [5.41, 5.74) is 2.64. The molecule has 3 rings (SSSR count). The smallest absolute Gasteiger partial charge is 0.264 e. The molecule has 1 amide bonds. The molecule has 2 aromatic carbocycles. The summed E-state index contributed by atoms with van der Waals surface area (Å²) in [6.45, 7) is 0. The summed E-state index contributed by atoms with van der Waals surface area (Å²) in [7, 11) is 0. The monoisotopic (exact) mass is 421 g/mol. The van der Waals surface area contributed by atoms with Gasteiger partial charge >= 0.3 is 0 Å². The van der Waals surface area contributed by atoms with Gasteiger partial charge in [0.2, 0.25) is 11.1 Å². The summed E-state index contributed by atoms with van der Waals surface area (Å²) in [6.07, 6.45) is 1.25. The fraction of sp³-hybridized carbons (Fsp3) is 0.0588. The third-order valence-electron chi connectivity index (χ3n) is 3.48. The maximum absolute atomic E-state index is 13.6. The third-order valence-corrected chi connectivity index (χ3v) is 4.42. The van der Waals surface area contributed by atoms with Crippen LogP contribution in [0, 0.1) is 17.5 Å². The van der Waals surface area contributed by atoms with E-state index in [0.29, 0.717) is 6.07 Å². The lowest BCUT2D eigenvalue weighted by molar-refractivity contribution is -0.113. The van der Waals surface area contributed by atoms with Gasteiger partial charge in [0.1, 0.15) is 17.5 Å². The van der Waals surface area contributed by atoms with Crippen molar-refractivity contribution >= 4 is 35.5 Å². The maximum atomic E-state index is 13.6. The van der Waals surface area contributed by atoms with Gasteiger partial charge in [-0.05, 0) is 18.2 Å². The van der Waals surface area contributed by atoms with Crippen molar-refractivity contribution in [3.8, 4) is 0 Å². The minimum absolute atomic E-state index is 0.0603. The molecule has 12 heteroatoms. The van der Waals surface area contributed by atoms with Crippen LogP contribution in [0.25, 0.3) is 0 Å². The van der Waals surface area contributed by atoms with Crippen molar-refractivity contribution in [2.75, 3.05) is 22.3 Å². The Hall–Kier alpha value is -3.54. The van der Waals surface area contributed by atoms with Gasteiger partial charge in [-0.1, -0.05) is 30.0 Å². The average molecular weight is 421 g/mol. The largest absolute Gasteiger partial charge is 0.334 e. The molecular formula is C17H14F3N7OS. The maximum Gasteiger partial charge on any atom is 0.264 e. The van der Waals surface area contributed by atoms with Crippen molar-refractivity contribution in [1.29, 1.82) is 0 Å². The Labute approximate surface area is 167 Å². The number of hydrogen-bond donors (Lipinski definition) is 3. The number of benzene rings is 2. The van der Waals surface area contributed by atoms with Crippen LogP contribution >= 0.6 is 11.8 Å². The molecule has 0 radical (unpaired) electrons. The zero-order chi connectivity index (χ0) is 20.8. The van der Waals surface area contributed by atoms with Crippen molar-refractivity contribution in [1.82, 2.24) is 14.9 Å². The molecule has 1 aromatic heterocycles. The molecule has 0 fully saturated rings. The summed E-state index contributed by atoms with van der Waals surface area (Å²) in [4.78, 5) is 11.9. The van der Waals surface area contributed by atoms with Gasteiger partial charge < -0.3 is 11.2 Å². The highest BCUT2D eigenvalue weighted by molar-refractivity contribution is 7.99. The third kappa shape index (κ3) is 5.25. The number of hydrogen-bond acceptors (Lipinski definition) is 7. The van der Waals surface area contributed by atoms with Crippen molar-refractivity contribution < 1.29 is 18.0 Å². The van der Waals surface area contributed by atoms with Crippen LogP contribution in [0.5, 0.6) is 0 Å². The Morgan fingerprint density at radius 3 is 2.72 bits per heavy atom. The molecule has 8 nitrogen and oxygen atoms in total. The number of carbonyl (C=O) groups excluding carboxylic acids is 1. The first-order chi connectivity index (χ1) is 13.9. The molecular weight excluding hydrogens is 407 g/mol. The van der Waals surface area contributed by atoms with E-state index >= 15 is 0 Å². The predicted octanol–water partition coefficient (Wildman–Crippen LogP) is 2.59. The molecule has 0 atom stereocenters. The number of amides is 1. The summed E-state index contributed by atoms with van der Waals surface area (Å²) >= 11 is 0.940. The molecule has 29 heavy (non-hydrogen) atoms. The van der Waals surface area contributed by atoms with Crippen LogP contribution in [0.3, 0.4) is 0 Å². The fourth-order valence-electron chi connectivity index (χ4n) is 2.10. The number of nitrogen functional groups attached to an aromatic ring is 1. The Bertz CT molecular complexity index is 1060. The topological polar surface area (TPSA) is 110 Å². The molecule has 0 saturated carbocycles. The SMILES string of the molecule is Nn1c(N/N=C/c2ccccc2F)nnc1SCC(=O)Nc1ccc(F)cc1F. The quantitative estimate of drug-likeness (QED) is 0.234. The lowest BCUT2D eigenvalue weighted by Gasteiger charge is -2.06. The number of aromatic nitrogens is 3. The molecule has 0 aliphatic heterocycles. The highest BCUT2D eigenvalue weighted by Gasteiger charge is 2.13. The normalized spacial score (nSPS) is 11.0. The summed E-state index contributed by atoms with van der Waals surface area (Å²) < 4.78 is 41.0. The Morgan fingerprint density at radius 2 is 1.97 bits per heavy atom. The molecule has 0 saturated heterocycles. The van der Waals surface area contributed by atoms with Gasteiger partial charge in [-0.25, -0.2) is 23.3 Å². The first-order valence-electron chi connectivity index (χ1n) is 8.06. The van der Waals surface area contributed by atoms with Crippen molar-refractivity contribution in [3.05, 3.63) is 65.5 Å². The second kappa shape index (κ2) is 9.10.